The van der Waals surface area contributed by atoms with Crippen LogP contribution in [0.4, 0.5) is 4.39 Å². The Bertz CT molecular complexity index is 123. The summed E-state index contributed by atoms with van der Waals surface area (Å²) in [6.45, 7) is -1.13. The van der Waals surface area contributed by atoms with E-state index in [4.69, 9.17) is 23.2 Å². The lowest BCUT2D eigenvalue weighted by atomic mass is 10.2. The first-order valence-electron chi connectivity index (χ1n) is 2.04. The molecule has 0 aromatic heterocycles. The molecule has 0 bridgehead atoms. The molecule has 9 heavy (non-hydrogen) atoms. The number of hydrogen-bond acceptors (Lipinski definition) is 2. The molecule has 0 radical (unpaired) electrons. The van der Waals surface area contributed by atoms with Gasteiger partial charge in [0, 0.05) is 0 Å². The number of hydrogen-bond donors (Lipinski definition) is 0. The number of carbonyl (C=O) groups is 2. The fourth-order valence-electron chi connectivity index (χ4n) is 0.211. The second kappa shape index (κ2) is 3.80. The first kappa shape index (κ1) is 8.85. The lowest BCUT2D eigenvalue weighted by Crippen LogP contribution is -2.17. The van der Waals surface area contributed by atoms with Crippen molar-refractivity contribution in [3.8, 4) is 0 Å². The van der Waals surface area contributed by atoms with Crippen LogP contribution < -0.4 is 0 Å². The first-order chi connectivity index (χ1) is 4.09. The van der Waals surface area contributed by atoms with Gasteiger partial charge in [-0.2, -0.15) is 0 Å². The Morgan fingerprint density at radius 1 is 1.33 bits per heavy atom. The number of rotatable bonds is 3. The molecule has 0 atom stereocenters. The van der Waals surface area contributed by atoms with Crippen LogP contribution in [0.15, 0.2) is 0 Å². The van der Waals surface area contributed by atoms with Crippen LogP contribution in [0.3, 0.4) is 0 Å². The number of carbonyl (C=O) groups excluding carboxylic acids is 2. The summed E-state index contributed by atoms with van der Waals surface area (Å²) in [5.41, 5.74) is 0. The predicted octanol–water partition coefficient (Wildman–Crippen LogP) is 1.10. The molecule has 0 aliphatic carbocycles. The van der Waals surface area contributed by atoms with E-state index < -0.39 is 23.1 Å². The quantitative estimate of drug-likeness (QED) is 0.473. The summed E-state index contributed by atoms with van der Waals surface area (Å²) in [7, 11) is 0. The number of alkyl halides is 1. The highest BCUT2D eigenvalue weighted by molar-refractivity contribution is 6.73. The summed E-state index contributed by atoms with van der Waals surface area (Å²) in [5, 5.41) is -2.12. The van der Waals surface area contributed by atoms with Gasteiger partial charge in [-0.05, 0) is 23.2 Å². The molecular formula is C4H3Cl2FO2. The van der Waals surface area contributed by atoms with E-state index in [1.807, 2.05) is 0 Å². The molecule has 0 aliphatic rings. The van der Waals surface area contributed by atoms with Crippen molar-refractivity contribution in [2.45, 2.75) is 0 Å². The zero-order chi connectivity index (χ0) is 7.44. The fourth-order valence-corrected chi connectivity index (χ4v) is 0.581. The van der Waals surface area contributed by atoms with E-state index in [0.29, 0.717) is 0 Å². The molecule has 0 rings (SSSR count). The largest absolute Gasteiger partial charge is 0.280 e. The standard InChI is InChI=1S/C4H3Cl2FO2/c5-3(8)2(1-7)4(6)9/h2H,1H2. The van der Waals surface area contributed by atoms with Crippen LogP contribution in [0.2, 0.25) is 0 Å². The van der Waals surface area contributed by atoms with Crippen molar-refractivity contribution in [2.75, 3.05) is 6.67 Å². The lowest BCUT2D eigenvalue weighted by molar-refractivity contribution is -0.124. The van der Waals surface area contributed by atoms with Gasteiger partial charge in [0.25, 0.3) is 0 Å². The fraction of sp³-hybridized carbons (Fsp3) is 0.500. The third-order valence-electron chi connectivity index (χ3n) is 0.702. The van der Waals surface area contributed by atoms with Gasteiger partial charge in [0.05, 0.1) is 0 Å². The van der Waals surface area contributed by atoms with Gasteiger partial charge >= 0.3 is 0 Å². The first-order valence-corrected chi connectivity index (χ1v) is 2.80. The SMILES string of the molecule is O=C(Cl)C(CF)C(=O)Cl. The minimum atomic E-state index is -1.49. The Hall–Kier alpha value is -0.150. The Morgan fingerprint density at radius 2 is 1.67 bits per heavy atom. The summed E-state index contributed by atoms with van der Waals surface area (Å²) >= 11 is 9.51. The highest BCUT2D eigenvalue weighted by Crippen LogP contribution is 2.06. The maximum absolute atomic E-state index is 11.5. The van der Waals surface area contributed by atoms with Crippen molar-refractivity contribution in [3.05, 3.63) is 0 Å². The average molecular weight is 173 g/mol. The van der Waals surface area contributed by atoms with Crippen LogP contribution in [-0.4, -0.2) is 17.2 Å². The van der Waals surface area contributed by atoms with Crippen molar-refractivity contribution in [3.63, 3.8) is 0 Å². The summed E-state index contributed by atoms with van der Waals surface area (Å²) in [6.07, 6.45) is 0. The van der Waals surface area contributed by atoms with Crippen LogP contribution in [0.5, 0.6) is 0 Å². The third kappa shape index (κ3) is 2.77. The van der Waals surface area contributed by atoms with Gasteiger partial charge in [-0.25, -0.2) is 4.39 Å². The van der Waals surface area contributed by atoms with Crippen molar-refractivity contribution in [1.82, 2.24) is 0 Å². The van der Waals surface area contributed by atoms with Gasteiger partial charge in [-0.1, -0.05) is 0 Å². The Labute approximate surface area is 60.9 Å². The highest BCUT2D eigenvalue weighted by Gasteiger charge is 2.22. The summed E-state index contributed by atoms with van der Waals surface area (Å²) in [6, 6.07) is 0. The molecule has 0 heterocycles. The number of halogens is 3. The van der Waals surface area contributed by atoms with Crippen molar-refractivity contribution >= 4 is 33.7 Å². The molecule has 0 spiro atoms. The van der Waals surface area contributed by atoms with Gasteiger partial charge in [0.1, 0.15) is 12.6 Å². The normalized spacial score (nSPS) is 9.78. The molecule has 0 amide bonds. The van der Waals surface area contributed by atoms with E-state index in [-0.39, 0.29) is 0 Å². The van der Waals surface area contributed by atoms with Crippen LogP contribution in [0.1, 0.15) is 0 Å². The van der Waals surface area contributed by atoms with E-state index in [2.05, 4.69) is 0 Å². The molecular weight excluding hydrogens is 170 g/mol. The molecule has 5 heteroatoms. The van der Waals surface area contributed by atoms with E-state index in [1.54, 1.807) is 0 Å². The van der Waals surface area contributed by atoms with E-state index >= 15 is 0 Å². The average Bonchev–Trinajstić information content (AvgIpc) is 1.64. The maximum atomic E-state index is 11.5. The van der Waals surface area contributed by atoms with Crippen LogP contribution >= 0.6 is 23.2 Å². The van der Waals surface area contributed by atoms with Gasteiger partial charge < -0.3 is 0 Å². The molecule has 0 saturated carbocycles. The highest BCUT2D eigenvalue weighted by atomic mass is 35.5. The Balaban J connectivity index is 3.99. The van der Waals surface area contributed by atoms with E-state index in [1.165, 1.54) is 0 Å². The zero-order valence-electron chi connectivity index (χ0n) is 4.23. The summed E-state index contributed by atoms with van der Waals surface area (Å²) in [5.74, 6) is -1.49. The Kier molecular flexibility index (Phi) is 3.73. The van der Waals surface area contributed by atoms with Gasteiger partial charge in [-0.15, -0.1) is 0 Å². The minimum absolute atomic E-state index is 1.06. The molecule has 0 aromatic rings. The van der Waals surface area contributed by atoms with E-state index in [0.717, 1.165) is 0 Å². The Morgan fingerprint density at radius 3 is 1.67 bits per heavy atom. The molecule has 0 saturated heterocycles. The van der Waals surface area contributed by atoms with Crippen molar-refractivity contribution in [1.29, 1.82) is 0 Å². The topological polar surface area (TPSA) is 34.1 Å². The minimum Gasteiger partial charge on any atom is -0.280 e. The predicted molar refractivity (Wildman–Crippen MR) is 31.2 cm³/mol. The monoisotopic (exact) mass is 172 g/mol. The molecule has 0 N–H and O–H groups in total. The van der Waals surface area contributed by atoms with Gasteiger partial charge in [-0.3, -0.25) is 9.59 Å². The second-order valence-corrected chi connectivity index (χ2v) is 2.06. The zero-order valence-corrected chi connectivity index (χ0v) is 5.75. The smallest absolute Gasteiger partial charge is 0.236 e. The maximum Gasteiger partial charge on any atom is 0.236 e. The van der Waals surface area contributed by atoms with Crippen LogP contribution in [0, 0.1) is 5.92 Å². The van der Waals surface area contributed by atoms with Crippen molar-refractivity contribution < 1.29 is 14.0 Å². The van der Waals surface area contributed by atoms with Gasteiger partial charge in [0.15, 0.2) is 0 Å². The summed E-state index contributed by atoms with van der Waals surface area (Å²) in [4.78, 5) is 20.1. The second-order valence-electron chi connectivity index (χ2n) is 1.32. The molecule has 0 aromatic carbocycles. The van der Waals surface area contributed by atoms with Crippen molar-refractivity contribution in [2.24, 2.45) is 5.92 Å². The van der Waals surface area contributed by atoms with E-state index in [9.17, 15) is 14.0 Å². The lowest BCUT2D eigenvalue weighted by Gasteiger charge is -1.97. The van der Waals surface area contributed by atoms with Crippen LogP contribution in [-0.2, 0) is 9.59 Å². The van der Waals surface area contributed by atoms with Crippen LogP contribution in [0.25, 0.3) is 0 Å². The van der Waals surface area contributed by atoms with Gasteiger partial charge in [0.2, 0.25) is 10.5 Å². The summed E-state index contributed by atoms with van der Waals surface area (Å²) < 4.78 is 11.5. The molecule has 2 nitrogen and oxygen atoms in total. The molecule has 0 fully saturated rings. The molecule has 0 unspecified atom stereocenters. The molecule has 0 aliphatic heterocycles. The third-order valence-corrected chi connectivity index (χ3v) is 1.23. The molecule has 52 valence electrons.